The number of nitrogens with zero attached hydrogens (tertiary/aromatic N) is 2. The predicted molar refractivity (Wildman–Crippen MR) is 76.7 cm³/mol. The van der Waals surface area contributed by atoms with Crippen LogP contribution in [0.25, 0.3) is 10.7 Å². The molecule has 94 valence electrons. The molecule has 0 fully saturated rings. The molecule has 0 N–H and O–H groups in total. The molecule has 0 aliphatic heterocycles. The summed E-state index contributed by atoms with van der Waals surface area (Å²) in [6, 6.07) is 1.88. The van der Waals surface area contributed by atoms with Crippen LogP contribution in [0.15, 0.2) is 26.6 Å². The van der Waals surface area contributed by atoms with Crippen LogP contribution in [-0.2, 0) is 4.74 Å². The monoisotopic (exact) mass is 390 g/mol. The maximum Gasteiger partial charge on any atom is 0.357 e. The van der Waals surface area contributed by atoms with Gasteiger partial charge < -0.3 is 4.74 Å². The Morgan fingerprint density at radius 1 is 1.50 bits per heavy atom. The number of rotatable bonds is 3. The summed E-state index contributed by atoms with van der Waals surface area (Å²) in [5, 5.41) is 2.35. The second-order valence-corrected chi connectivity index (χ2v) is 5.87. The van der Waals surface area contributed by atoms with Gasteiger partial charge in [0.2, 0.25) is 0 Å². The van der Waals surface area contributed by atoms with E-state index in [1.54, 1.807) is 18.5 Å². The average Bonchev–Trinajstić information content (AvgIpc) is 2.78. The van der Waals surface area contributed by atoms with Crippen LogP contribution in [0, 0.1) is 0 Å². The molecule has 0 amide bonds. The molecule has 2 rings (SSSR count). The Morgan fingerprint density at radius 3 is 2.94 bits per heavy atom. The molecule has 0 radical (unpaired) electrons. The number of pyridine rings is 1. The van der Waals surface area contributed by atoms with Crippen LogP contribution in [0.4, 0.5) is 0 Å². The van der Waals surface area contributed by atoms with E-state index in [1.165, 1.54) is 11.3 Å². The van der Waals surface area contributed by atoms with E-state index in [-0.39, 0.29) is 0 Å². The second-order valence-electron chi connectivity index (χ2n) is 3.24. The molecular weight excluding hydrogens is 384 g/mol. The molecule has 2 aromatic heterocycles. The molecule has 18 heavy (non-hydrogen) atoms. The molecule has 0 aliphatic carbocycles. The summed E-state index contributed by atoms with van der Waals surface area (Å²) in [5.74, 6) is -0.409. The standard InChI is InChI=1S/C11H8Br2N2O2S/c1-2-17-11(16)8-5-18-10(15-8)9-7(13)3-6(12)4-14-9/h3-5H,2H2,1H3. The number of carbonyl (C=O) groups is 1. The summed E-state index contributed by atoms with van der Waals surface area (Å²) in [5.41, 5.74) is 1.02. The van der Waals surface area contributed by atoms with Crippen molar-refractivity contribution in [2.45, 2.75) is 6.92 Å². The number of halogens is 2. The van der Waals surface area contributed by atoms with Gasteiger partial charge in [0.25, 0.3) is 0 Å². The van der Waals surface area contributed by atoms with Crippen molar-refractivity contribution in [3.05, 3.63) is 32.3 Å². The summed E-state index contributed by atoms with van der Waals surface area (Å²) < 4.78 is 6.59. The molecule has 0 aromatic carbocycles. The first-order chi connectivity index (χ1) is 8.61. The molecule has 7 heteroatoms. The lowest BCUT2D eigenvalue weighted by Gasteiger charge is -2.00. The van der Waals surface area contributed by atoms with Crippen LogP contribution in [-0.4, -0.2) is 22.5 Å². The number of thiazole rings is 1. The van der Waals surface area contributed by atoms with Crippen molar-refractivity contribution in [2.24, 2.45) is 0 Å². The lowest BCUT2D eigenvalue weighted by atomic mass is 10.3. The molecule has 0 spiro atoms. The van der Waals surface area contributed by atoms with Crippen LogP contribution < -0.4 is 0 Å². The van der Waals surface area contributed by atoms with E-state index in [0.717, 1.165) is 8.95 Å². The first-order valence-electron chi connectivity index (χ1n) is 5.06. The molecule has 0 unspecified atom stereocenters. The van der Waals surface area contributed by atoms with Crippen molar-refractivity contribution in [3.8, 4) is 10.7 Å². The highest BCUT2D eigenvalue weighted by Gasteiger charge is 2.15. The van der Waals surface area contributed by atoms with E-state index in [0.29, 0.717) is 23.0 Å². The third-order valence-corrected chi connectivity index (χ3v) is 3.89. The highest BCUT2D eigenvalue weighted by molar-refractivity contribution is 9.11. The molecule has 0 aliphatic rings. The number of carbonyl (C=O) groups excluding carboxylic acids is 1. The van der Waals surface area contributed by atoms with Gasteiger partial charge in [-0.05, 0) is 44.8 Å². The van der Waals surface area contributed by atoms with Crippen LogP contribution >= 0.6 is 43.2 Å². The summed E-state index contributed by atoms with van der Waals surface area (Å²) in [6.45, 7) is 2.10. The molecule has 0 atom stereocenters. The SMILES string of the molecule is CCOC(=O)c1csc(-c2ncc(Br)cc2Br)n1. The van der Waals surface area contributed by atoms with Crippen LogP contribution in [0.2, 0.25) is 0 Å². The van der Waals surface area contributed by atoms with Gasteiger partial charge in [-0.15, -0.1) is 11.3 Å². The van der Waals surface area contributed by atoms with Crippen LogP contribution in [0.3, 0.4) is 0 Å². The van der Waals surface area contributed by atoms with E-state index >= 15 is 0 Å². The zero-order chi connectivity index (χ0) is 13.1. The summed E-state index contributed by atoms with van der Waals surface area (Å²) in [6.07, 6.45) is 1.69. The maximum atomic E-state index is 11.5. The first kappa shape index (κ1) is 13.6. The Labute approximate surface area is 125 Å². The van der Waals surface area contributed by atoms with Gasteiger partial charge in [-0.1, -0.05) is 0 Å². The average molecular weight is 392 g/mol. The lowest BCUT2D eigenvalue weighted by Crippen LogP contribution is -2.04. The topological polar surface area (TPSA) is 52.1 Å². The van der Waals surface area contributed by atoms with Crippen LogP contribution in [0.1, 0.15) is 17.4 Å². The fraction of sp³-hybridized carbons (Fsp3) is 0.182. The second kappa shape index (κ2) is 5.90. The summed E-state index contributed by atoms with van der Waals surface area (Å²) in [7, 11) is 0. The van der Waals surface area contributed by atoms with E-state index in [1.807, 2.05) is 6.07 Å². The largest absolute Gasteiger partial charge is 0.461 e. The van der Waals surface area contributed by atoms with E-state index < -0.39 is 5.97 Å². The highest BCUT2D eigenvalue weighted by atomic mass is 79.9. The molecule has 2 aromatic rings. The summed E-state index contributed by atoms with van der Waals surface area (Å²) >= 11 is 8.11. The first-order valence-corrected chi connectivity index (χ1v) is 7.52. The minimum absolute atomic E-state index is 0.313. The Balaban J connectivity index is 2.32. The minimum Gasteiger partial charge on any atom is -0.461 e. The van der Waals surface area contributed by atoms with Crippen molar-refractivity contribution >= 4 is 49.2 Å². The molecule has 2 heterocycles. The normalized spacial score (nSPS) is 10.4. The Hall–Kier alpha value is -0.790. The van der Waals surface area contributed by atoms with Crippen molar-refractivity contribution < 1.29 is 9.53 Å². The third kappa shape index (κ3) is 2.96. The van der Waals surface area contributed by atoms with Crippen LogP contribution in [0.5, 0.6) is 0 Å². The zero-order valence-electron chi connectivity index (χ0n) is 9.31. The zero-order valence-corrected chi connectivity index (χ0v) is 13.3. The van der Waals surface area contributed by atoms with Gasteiger partial charge in [0.15, 0.2) is 5.69 Å². The van der Waals surface area contributed by atoms with Crippen molar-refractivity contribution in [2.75, 3.05) is 6.61 Å². The molecular formula is C11H8Br2N2O2S. The van der Waals surface area contributed by atoms with Gasteiger partial charge in [0, 0.05) is 20.5 Å². The van der Waals surface area contributed by atoms with Crippen molar-refractivity contribution in [1.29, 1.82) is 0 Å². The number of ether oxygens (including phenoxy) is 1. The molecule has 0 saturated heterocycles. The smallest absolute Gasteiger partial charge is 0.357 e. The third-order valence-electron chi connectivity index (χ3n) is 2.00. The Morgan fingerprint density at radius 2 is 2.28 bits per heavy atom. The van der Waals surface area contributed by atoms with Gasteiger partial charge in [-0.3, -0.25) is 4.98 Å². The van der Waals surface area contributed by atoms with Gasteiger partial charge in [0.05, 0.1) is 6.61 Å². The quantitative estimate of drug-likeness (QED) is 0.744. The number of esters is 1. The maximum absolute atomic E-state index is 11.5. The van der Waals surface area contributed by atoms with E-state index in [4.69, 9.17) is 4.74 Å². The molecule has 0 bridgehead atoms. The highest BCUT2D eigenvalue weighted by Crippen LogP contribution is 2.30. The molecule has 0 saturated carbocycles. The Kier molecular flexibility index (Phi) is 4.47. The fourth-order valence-corrected chi connectivity index (χ4v) is 3.36. The van der Waals surface area contributed by atoms with E-state index in [2.05, 4.69) is 41.8 Å². The Bertz CT molecular complexity index is 586. The van der Waals surface area contributed by atoms with E-state index in [9.17, 15) is 4.79 Å². The molecule has 4 nitrogen and oxygen atoms in total. The van der Waals surface area contributed by atoms with Gasteiger partial charge in [0.1, 0.15) is 10.7 Å². The predicted octanol–water partition coefficient (Wildman–Crippen LogP) is 3.91. The lowest BCUT2D eigenvalue weighted by molar-refractivity contribution is 0.0520. The van der Waals surface area contributed by atoms with Gasteiger partial charge >= 0.3 is 5.97 Å². The number of hydrogen-bond acceptors (Lipinski definition) is 5. The van der Waals surface area contributed by atoms with Crippen molar-refractivity contribution in [1.82, 2.24) is 9.97 Å². The fourth-order valence-electron chi connectivity index (χ4n) is 1.25. The van der Waals surface area contributed by atoms with Gasteiger partial charge in [-0.2, -0.15) is 0 Å². The summed E-state index contributed by atoms with van der Waals surface area (Å²) in [4.78, 5) is 20.0. The number of aromatic nitrogens is 2. The minimum atomic E-state index is -0.409. The van der Waals surface area contributed by atoms with Gasteiger partial charge in [-0.25, -0.2) is 9.78 Å². The van der Waals surface area contributed by atoms with Crippen molar-refractivity contribution in [3.63, 3.8) is 0 Å². The number of hydrogen-bond donors (Lipinski definition) is 0.